The number of benzene rings is 1. The molecule has 1 saturated heterocycles. The van der Waals surface area contributed by atoms with Gasteiger partial charge in [0.15, 0.2) is 5.82 Å². The Morgan fingerprint density at radius 2 is 2.08 bits per heavy atom. The molecule has 2 aliphatic rings. The van der Waals surface area contributed by atoms with Crippen LogP contribution in [0.5, 0.6) is 0 Å². The van der Waals surface area contributed by atoms with Gasteiger partial charge in [-0.05, 0) is 43.0 Å². The number of amides is 1. The second-order valence-corrected chi connectivity index (χ2v) is 9.37. The zero-order chi connectivity index (χ0) is 25.1. The molecule has 4 aromatic rings. The Hall–Kier alpha value is -4.18. The first-order valence-electron chi connectivity index (χ1n) is 11.3. The van der Waals surface area contributed by atoms with Crippen molar-refractivity contribution < 1.29 is 19.1 Å². The van der Waals surface area contributed by atoms with Crippen LogP contribution in [-0.2, 0) is 4.79 Å². The van der Waals surface area contributed by atoms with Crippen LogP contribution in [0.15, 0.2) is 49.1 Å². The van der Waals surface area contributed by atoms with Crippen molar-refractivity contribution >= 4 is 45.8 Å². The van der Waals surface area contributed by atoms with Gasteiger partial charge in [0.05, 0.1) is 28.5 Å². The average Bonchev–Trinajstić information content (AvgIpc) is 3.58. The standard InChI is InChI=1S/C25H20ClFN6O3/c26-16-2-3-17(28)22(23(16)27)12-7-13-1-4-20(33(13)21(34)8-12)24-30-10-18(31-24)15-11-32(25(35)36)19-5-6-29-9-14(15)19/h2-3,5-6,8-11,13,20H,1,4,7,28H2,(H,30,31)(H,35,36)/t13?,20-/m0/s1. The van der Waals surface area contributed by atoms with E-state index in [1.165, 1.54) is 30.6 Å². The molecule has 5 heterocycles. The Balaban J connectivity index is 1.33. The van der Waals surface area contributed by atoms with Crippen LogP contribution in [0.4, 0.5) is 14.9 Å². The minimum absolute atomic E-state index is 0.0400. The van der Waals surface area contributed by atoms with Crippen molar-refractivity contribution in [3.63, 3.8) is 0 Å². The Morgan fingerprint density at radius 3 is 2.89 bits per heavy atom. The molecule has 2 atom stereocenters. The summed E-state index contributed by atoms with van der Waals surface area (Å²) < 4.78 is 15.9. The highest BCUT2D eigenvalue weighted by atomic mass is 35.5. The Kier molecular flexibility index (Phi) is 5.08. The van der Waals surface area contributed by atoms with Gasteiger partial charge >= 0.3 is 6.09 Å². The van der Waals surface area contributed by atoms with Gasteiger partial charge in [0.1, 0.15) is 5.82 Å². The molecule has 1 unspecified atom stereocenters. The summed E-state index contributed by atoms with van der Waals surface area (Å²) in [6.07, 6.45) is 8.47. The van der Waals surface area contributed by atoms with Gasteiger partial charge in [0.25, 0.3) is 0 Å². The number of rotatable bonds is 3. The number of carbonyl (C=O) groups is 2. The largest absolute Gasteiger partial charge is 0.464 e. The molecule has 0 radical (unpaired) electrons. The van der Waals surface area contributed by atoms with Crippen LogP contribution in [-0.4, -0.2) is 47.6 Å². The van der Waals surface area contributed by atoms with Crippen LogP contribution in [0.25, 0.3) is 27.7 Å². The van der Waals surface area contributed by atoms with Crippen LogP contribution in [0, 0.1) is 5.82 Å². The van der Waals surface area contributed by atoms with E-state index in [1.807, 2.05) is 0 Å². The number of fused-ring (bicyclic) bond motifs is 2. The van der Waals surface area contributed by atoms with E-state index in [4.69, 9.17) is 17.3 Å². The molecular weight excluding hydrogens is 487 g/mol. The first-order chi connectivity index (χ1) is 17.3. The van der Waals surface area contributed by atoms with Gasteiger partial charge in [-0.1, -0.05) is 11.6 Å². The summed E-state index contributed by atoms with van der Waals surface area (Å²) in [6, 6.07) is 4.15. The number of anilines is 1. The maximum Gasteiger partial charge on any atom is 0.416 e. The van der Waals surface area contributed by atoms with Crippen molar-refractivity contribution in [3.8, 4) is 11.3 Å². The lowest BCUT2D eigenvalue weighted by molar-refractivity contribution is -0.129. The minimum atomic E-state index is -1.10. The smallest absolute Gasteiger partial charge is 0.416 e. The predicted molar refractivity (Wildman–Crippen MR) is 132 cm³/mol. The molecule has 11 heteroatoms. The van der Waals surface area contributed by atoms with E-state index in [1.54, 1.807) is 23.4 Å². The van der Waals surface area contributed by atoms with Gasteiger partial charge < -0.3 is 20.7 Å². The lowest BCUT2D eigenvalue weighted by atomic mass is 9.92. The maximum absolute atomic E-state index is 14.8. The Morgan fingerprint density at radius 1 is 1.25 bits per heavy atom. The van der Waals surface area contributed by atoms with Crippen LogP contribution in [0.1, 0.15) is 36.7 Å². The molecule has 2 aliphatic heterocycles. The van der Waals surface area contributed by atoms with Crippen molar-refractivity contribution in [2.45, 2.75) is 31.3 Å². The number of H-pyrrole nitrogens is 1. The van der Waals surface area contributed by atoms with E-state index >= 15 is 0 Å². The minimum Gasteiger partial charge on any atom is -0.464 e. The van der Waals surface area contributed by atoms with Gasteiger partial charge in [0.2, 0.25) is 5.91 Å². The number of aromatic amines is 1. The number of hydrogen-bond donors (Lipinski definition) is 3. The van der Waals surface area contributed by atoms with Crippen molar-refractivity contribution in [2.24, 2.45) is 0 Å². The summed E-state index contributed by atoms with van der Waals surface area (Å²) >= 11 is 5.96. The number of carbonyl (C=O) groups excluding carboxylic acids is 1. The number of hydrogen-bond acceptors (Lipinski definition) is 5. The molecule has 4 N–H and O–H groups in total. The van der Waals surface area contributed by atoms with Crippen LogP contribution in [0.3, 0.4) is 0 Å². The van der Waals surface area contributed by atoms with E-state index in [0.717, 1.165) is 4.57 Å². The lowest BCUT2D eigenvalue weighted by Gasteiger charge is -2.33. The second-order valence-electron chi connectivity index (χ2n) is 8.96. The fourth-order valence-electron chi connectivity index (χ4n) is 5.38. The number of imidazole rings is 1. The molecule has 3 aromatic heterocycles. The fourth-order valence-corrected chi connectivity index (χ4v) is 5.53. The highest BCUT2D eigenvalue weighted by Crippen LogP contribution is 2.44. The van der Waals surface area contributed by atoms with Gasteiger partial charge in [-0.3, -0.25) is 14.3 Å². The Labute approximate surface area is 209 Å². The molecule has 36 heavy (non-hydrogen) atoms. The second kappa shape index (κ2) is 8.20. The highest BCUT2D eigenvalue weighted by Gasteiger charge is 2.42. The number of nitrogens with zero attached hydrogens (tertiary/aromatic N) is 4. The van der Waals surface area contributed by atoms with Crippen LogP contribution < -0.4 is 5.73 Å². The van der Waals surface area contributed by atoms with Crippen LogP contribution >= 0.6 is 11.6 Å². The zero-order valence-corrected chi connectivity index (χ0v) is 19.5. The third-order valence-corrected chi connectivity index (χ3v) is 7.26. The maximum atomic E-state index is 14.8. The summed E-state index contributed by atoms with van der Waals surface area (Å²) in [6.45, 7) is 0. The molecule has 0 saturated carbocycles. The first-order valence-corrected chi connectivity index (χ1v) is 11.7. The normalized spacial score (nSPS) is 19.6. The van der Waals surface area contributed by atoms with E-state index in [-0.39, 0.29) is 34.3 Å². The number of nitrogen functional groups attached to an aromatic ring is 1. The Bertz CT molecular complexity index is 1590. The van der Waals surface area contributed by atoms with Crippen molar-refractivity contribution in [1.82, 2.24) is 24.4 Å². The van der Waals surface area contributed by atoms with Gasteiger partial charge in [-0.2, -0.15) is 0 Å². The first kappa shape index (κ1) is 22.3. The summed E-state index contributed by atoms with van der Waals surface area (Å²) in [5, 5.41) is 10.2. The number of nitrogens with two attached hydrogens (primary N) is 1. The molecular formula is C25H20ClFN6O3. The zero-order valence-electron chi connectivity index (χ0n) is 18.8. The monoisotopic (exact) mass is 506 g/mol. The lowest BCUT2D eigenvalue weighted by Crippen LogP contribution is -2.39. The highest BCUT2D eigenvalue weighted by molar-refractivity contribution is 6.31. The van der Waals surface area contributed by atoms with E-state index in [9.17, 15) is 19.1 Å². The predicted octanol–water partition coefficient (Wildman–Crippen LogP) is 4.85. The summed E-state index contributed by atoms with van der Waals surface area (Å²) in [4.78, 5) is 38.6. The van der Waals surface area contributed by atoms with Crippen molar-refractivity contribution in [1.29, 1.82) is 0 Å². The number of carboxylic acid groups (broad SMARTS) is 1. The molecule has 1 amide bonds. The van der Waals surface area contributed by atoms with Crippen molar-refractivity contribution in [2.75, 3.05) is 5.73 Å². The SMILES string of the molecule is Nc1ccc(Cl)c(F)c1C1=CC(=O)N2C(CC[C@H]2c2ncc(-c3cn(C(=O)O)c4ccncc34)[nH]2)C1. The summed E-state index contributed by atoms with van der Waals surface area (Å²) in [5.74, 6) is -0.261. The molecule has 9 nitrogen and oxygen atoms in total. The molecule has 0 spiro atoms. The quantitative estimate of drug-likeness (QED) is 0.341. The van der Waals surface area contributed by atoms with Crippen molar-refractivity contribution in [3.05, 3.63) is 71.3 Å². The summed E-state index contributed by atoms with van der Waals surface area (Å²) in [5.41, 5.74) is 8.76. The molecule has 0 aliphatic carbocycles. The van der Waals surface area contributed by atoms with E-state index in [2.05, 4.69) is 15.0 Å². The number of aromatic nitrogens is 4. The topological polar surface area (TPSA) is 130 Å². The third-order valence-electron chi connectivity index (χ3n) is 6.97. The number of pyridine rings is 1. The number of halogens is 2. The molecule has 182 valence electrons. The average molecular weight is 507 g/mol. The van der Waals surface area contributed by atoms with Gasteiger partial charge in [-0.15, -0.1) is 0 Å². The van der Waals surface area contributed by atoms with E-state index < -0.39 is 11.9 Å². The number of nitrogens with one attached hydrogen (secondary N) is 1. The molecule has 0 bridgehead atoms. The van der Waals surface area contributed by atoms with Gasteiger partial charge in [-0.25, -0.2) is 14.2 Å². The van der Waals surface area contributed by atoms with E-state index in [0.29, 0.717) is 52.8 Å². The molecule has 1 aromatic carbocycles. The molecule has 1 fully saturated rings. The molecule has 6 rings (SSSR count). The van der Waals surface area contributed by atoms with Crippen LogP contribution in [0.2, 0.25) is 5.02 Å². The van der Waals surface area contributed by atoms with Gasteiger partial charge in [0, 0.05) is 52.9 Å². The summed E-state index contributed by atoms with van der Waals surface area (Å²) in [7, 11) is 0. The fraction of sp³-hybridized carbons (Fsp3) is 0.200. The third kappa shape index (κ3) is 3.36.